The standard InChI is InChI=1S/C9H13BrN2S/c10-7-3-9(13-6-7)5-12-8-1-2-11-4-8/h3,6,8,11-12H,1-2,4-5H2. The monoisotopic (exact) mass is 260 g/mol. The predicted molar refractivity (Wildman–Crippen MR) is 60.1 cm³/mol. The average Bonchev–Trinajstić information content (AvgIpc) is 2.71. The molecule has 1 fully saturated rings. The van der Waals surface area contributed by atoms with Crippen LogP contribution in [0.15, 0.2) is 15.9 Å². The Hall–Kier alpha value is 0.1000. The second kappa shape index (κ2) is 4.55. The van der Waals surface area contributed by atoms with E-state index in [1.165, 1.54) is 15.8 Å². The van der Waals surface area contributed by atoms with Gasteiger partial charge in [-0.25, -0.2) is 0 Å². The van der Waals surface area contributed by atoms with Gasteiger partial charge in [0.1, 0.15) is 0 Å². The summed E-state index contributed by atoms with van der Waals surface area (Å²) in [4.78, 5) is 1.40. The molecule has 1 atom stereocenters. The third-order valence-corrected chi connectivity index (χ3v) is 3.94. The van der Waals surface area contributed by atoms with Crippen molar-refractivity contribution < 1.29 is 0 Å². The summed E-state index contributed by atoms with van der Waals surface area (Å²) in [5.41, 5.74) is 0. The molecule has 1 aliphatic rings. The maximum Gasteiger partial charge on any atom is 0.0303 e. The molecule has 0 bridgehead atoms. The molecule has 1 saturated heterocycles. The quantitative estimate of drug-likeness (QED) is 0.869. The molecule has 0 aromatic carbocycles. The first-order valence-electron chi connectivity index (χ1n) is 4.51. The van der Waals surface area contributed by atoms with Crippen molar-refractivity contribution in [3.8, 4) is 0 Å². The minimum atomic E-state index is 0.667. The smallest absolute Gasteiger partial charge is 0.0303 e. The van der Waals surface area contributed by atoms with Gasteiger partial charge in [-0.3, -0.25) is 0 Å². The zero-order valence-electron chi connectivity index (χ0n) is 7.35. The highest BCUT2D eigenvalue weighted by Gasteiger charge is 2.13. The summed E-state index contributed by atoms with van der Waals surface area (Å²) in [6.45, 7) is 3.28. The van der Waals surface area contributed by atoms with Crippen LogP contribution in [0.1, 0.15) is 11.3 Å². The molecular formula is C9H13BrN2S. The Kier molecular flexibility index (Phi) is 3.38. The lowest BCUT2D eigenvalue weighted by Gasteiger charge is -2.09. The average molecular weight is 261 g/mol. The molecule has 0 saturated carbocycles. The number of nitrogens with one attached hydrogen (secondary N) is 2. The van der Waals surface area contributed by atoms with Crippen LogP contribution in [0.2, 0.25) is 0 Å². The maximum absolute atomic E-state index is 3.54. The van der Waals surface area contributed by atoms with Crippen molar-refractivity contribution >= 4 is 27.3 Å². The van der Waals surface area contributed by atoms with Gasteiger partial charge in [0, 0.05) is 33.9 Å². The molecule has 1 aromatic heterocycles. The third kappa shape index (κ3) is 2.77. The second-order valence-corrected chi connectivity index (χ2v) is 5.21. The normalized spacial score (nSPS) is 22.4. The zero-order valence-corrected chi connectivity index (χ0v) is 9.75. The van der Waals surface area contributed by atoms with E-state index in [0.717, 1.165) is 19.6 Å². The van der Waals surface area contributed by atoms with Crippen molar-refractivity contribution in [1.29, 1.82) is 0 Å². The van der Waals surface area contributed by atoms with E-state index in [0.29, 0.717) is 6.04 Å². The fourth-order valence-corrected chi connectivity index (χ4v) is 2.92. The van der Waals surface area contributed by atoms with Gasteiger partial charge in [0.2, 0.25) is 0 Å². The van der Waals surface area contributed by atoms with E-state index in [4.69, 9.17) is 0 Å². The minimum absolute atomic E-state index is 0.667. The first-order chi connectivity index (χ1) is 6.34. The van der Waals surface area contributed by atoms with Crippen LogP contribution < -0.4 is 10.6 Å². The fourth-order valence-electron chi connectivity index (χ4n) is 1.52. The Labute approximate surface area is 90.9 Å². The molecule has 72 valence electrons. The maximum atomic E-state index is 3.54. The third-order valence-electron chi connectivity index (χ3n) is 2.25. The SMILES string of the molecule is Brc1csc(CNC2CCNC2)c1. The number of halogens is 1. The molecule has 0 amide bonds. The van der Waals surface area contributed by atoms with Crippen LogP contribution in [0.25, 0.3) is 0 Å². The molecule has 0 radical (unpaired) electrons. The van der Waals surface area contributed by atoms with E-state index >= 15 is 0 Å². The van der Waals surface area contributed by atoms with E-state index in [1.807, 2.05) is 0 Å². The summed E-state index contributed by atoms with van der Waals surface area (Å²) in [5.74, 6) is 0. The highest BCUT2D eigenvalue weighted by molar-refractivity contribution is 9.10. The van der Waals surface area contributed by atoms with Crippen molar-refractivity contribution in [2.75, 3.05) is 13.1 Å². The van der Waals surface area contributed by atoms with Gasteiger partial charge < -0.3 is 10.6 Å². The minimum Gasteiger partial charge on any atom is -0.315 e. The van der Waals surface area contributed by atoms with Gasteiger partial charge in [0.05, 0.1) is 0 Å². The zero-order chi connectivity index (χ0) is 9.10. The molecule has 13 heavy (non-hydrogen) atoms. The lowest BCUT2D eigenvalue weighted by Crippen LogP contribution is -2.30. The summed E-state index contributed by atoms with van der Waals surface area (Å²) < 4.78 is 1.19. The molecule has 1 aliphatic heterocycles. The molecule has 0 aliphatic carbocycles. The molecule has 2 N–H and O–H groups in total. The lowest BCUT2D eigenvalue weighted by atomic mass is 10.2. The number of rotatable bonds is 3. The summed E-state index contributed by atoms with van der Waals surface area (Å²) >= 11 is 5.26. The Morgan fingerprint density at radius 3 is 3.23 bits per heavy atom. The summed E-state index contributed by atoms with van der Waals surface area (Å²) in [7, 11) is 0. The van der Waals surface area contributed by atoms with E-state index in [-0.39, 0.29) is 0 Å². The van der Waals surface area contributed by atoms with E-state index in [9.17, 15) is 0 Å². The van der Waals surface area contributed by atoms with Crippen LogP contribution in [0.4, 0.5) is 0 Å². The Balaban J connectivity index is 1.78. The van der Waals surface area contributed by atoms with Crippen LogP contribution in [0.3, 0.4) is 0 Å². The van der Waals surface area contributed by atoms with Crippen molar-refractivity contribution in [3.63, 3.8) is 0 Å². The van der Waals surface area contributed by atoms with Gasteiger partial charge in [0.25, 0.3) is 0 Å². The van der Waals surface area contributed by atoms with Crippen LogP contribution in [-0.4, -0.2) is 19.1 Å². The first kappa shape index (κ1) is 9.65. The largest absolute Gasteiger partial charge is 0.315 e. The van der Waals surface area contributed by atoms with E-state index in [1.54, 1.807) is 11.3 Å². The van der Waals surface area contributed by atoms with Crippen molar-refractivity contribution in [3.05, 3.63) is 20.8 Å². The molecule has 1 unspecified atom stereocenters. The Morgan fingerprint density at radius 2 is 2.62 bits per heavy atom. The molecule has 0 spiro atoms. The number of thiophene rings is 1. The first-order valence-corrected chi connectivity index (χ1v) is 6.19. The van der Waals surface area contributed by atoms with Crippen molar-refractivity contribution in [2.24, 2.45) is 0 Å². The molecule has 2 nitrogen and oxygen atoms in total. The number of hydrogen-bond acceptors (Lipinski definition) is 3. The van der Waals surface area contributed by atoms with Crippen LogP contribution in [0.5, 0.6) is 0 Å². The molecule has 2 rings (SSSR count). The molecule has 4 heteroatoms. The van der Waals surface area contributed by atoms with E-state index in [2.05, 4.69) is 38.0 Å². The van der Waals surface area contributed by atoms with Gasteiger partial charge in [-0.1, -0.05) is 0 Å². The molecular weight excluding hydrogens is 248 g/mol. The van der Waals surface area contributed by atoms with Gasteiger partial charge in [-0.05, 0) is 35.0 Å². The topological polar surface area (TPSA) is 24.1 Å². The molecule has 2 heterocycles. The second-order valence-electron chi connectivity index (χ2n) is 3.30. The van der Waals surface area contributed by atoms with Crippen LogP contribution in [0, 0.1) is 0 Å². The van der Waals surface area contributed by atoms with Gasteiger partial charge in [-0.2, -0.15) is 0 Å². The van der Waals surface area contributed by atoms with Gasteiger partial charge in [0.15, 0.2) is 0 Å². The predicted octanol–water partition coefficient (Wildman–Crippen LogP) is 1.96. The summed E-state index contributed by atoms with van der Waals surface area (Å²) in [6, 6.07) is 2.85. The van der Waals surface area contributed by atoms with Crippen molar-refractivity contribution in [2.45, 2.75) is 19.0 Å². The van der Waals surface area contributed by atoms with Gasteiger partial charge in [-0.15, -0.1) is 11.3 Å². The summed E-state index contributed by atoms with van der Waals surface area (Å²) in [6.07, 6.45) is 1.26. The highest BCUT2D eigenvalue weighted by atomic mass is 79.9. The molecule has 1 aromatic rings. The summed E-state index contributed by atoms with van der Waals surface area (Å²) in [5, 5.41) is 9.01. The Bertz CT molecular complexity index is 268. The lowest BCUT2D eigenvalue weighted by molar-refractivity contribution is 0.551. The van der Waals surface area contributed by atoms with Crippen LogP contribution >= 0.6 is 27.3 Å². The fraction of sp³-hybridized carbons (Fsp3) is 0.556. The van der Waals surface area contributed by atoms with Crippen molar-refractivity contribution in [1.82, 2.24) is 10.6 Å². The Morgan fingerprint density at radius 1 is 1.69 bits per heavy atom. The van der Waals surface area contributed by atoms with E-state index < -0.39 is 0 Å². The van der Waals surface area contributed by atoms with Crippen LogP contribution in [-0.2, 0) is 6.54 Å². The number of hydrogen-bond donors (Lipinski definition) is 2. The highest BCUT2D eigenvalue weighted by Crippen LogP contribution is 2.19. The van der Waals surface area contributed by atoms with Gasteiger partial charge >= 0.3 is 0 Å².